The number of anilines is 1. The van der Waals surface area contributed by atoms with Gasteiger partial charge in [-0.3, -0.25) is 14.6 Å². The van der Waals surface area contributed by atoms with Gasteiger partial charge in [0, 0.05) is 45.2 Å². The summed E-state index contributed by atoms with van der Waals surface area (Å²) in [6.45, 7) is 4.79. The minimum atomic E-state index is -3.77. The average Bonchev–Trinajstić information content (AvgIpc) is 3.34. The number of piperidine rings is 1. The van der Waals surface area contributed by atoms with E-state index in [-0.39, 0.29) is 48.0 Å². The highest BCUT2D eigenvalue weighted by Gasteiger charge is 2.35. The van der Waals surface area contributed by atoms with E-state index < -0.39 is 15.8 Å². The zero-order valence-electron chi connectivity index (χ0n) is 21.3. The van der Waals surface area contributed by atoms with Crippen molar-refractivity contribution in [1.29, 1.82) is 0 Å². The third kappa shape index (κ3) is 6.93. The molecule has 39 heavy (non-hydrogen) atoms. The first-order valence-electron chi connectivity index (χ1n) is 12.7. The van der Waals surface area contributed by atoms with Gasteiger partial charge in [-0.15, -0.1) is 12.4 Å². The van der Waals surface area contributed by atoms with Gasteiger partial charge in [-0.1, -0.05) is 11.3 Å². The number of carbonyl (C=O) groups excluding carboxylic acids is 1. The van der Waals surface area contributed by atoms with Crippen LogP contribution in [0, 0.1) is 17.6 Å². The van der Waals surface area contributed by atoms with Crippen LogP contribution in [-0.2, 0) is 19.6 Å². The molecule has 0 saturated carbocycles. The topological polar surface area (TPSA) is 83.1 Å². The molecule has 2 saturated heterocycles. The summed E-state index contributed by atoms with van der Waals surface area (Å²) in [4.78, 5) is 22.4. The smallest absolute Gasteiger partial charge is 0.243 e. The first-order chi connectivity index (χ1) is 18.3. The zero-order chi connectivity index (χ0) is 26.7. The van der Waals surface area contributed by atoms with E-state index in [0.717, 1.165) is 38.2 Å². The number of halogens is 3. The van der Waals surface area contributed by atoms with Gasteiger partial charge < -0.3 is 4.74 Å². The molecule has 5 rings (SSSR count). The molecule has 2 aliphatic rings. The Morgan fingerprint density at radius 3 is 2.38 bits per heavy atom. The maximum Gasteiger partial charge on any atom is 0.243 e. The van der Waals surface area contributed by atoms with Crippen LogP contribution < -0.4 is 4.90 Å². The highest BCUT2D eigenvalue weighted by Crippen LogP contribution is 2.32. The maximum absolute atomic E-state index is 13.8. The minimum Gasteiger partial charge on any atom is -0.379 e. The van der Waals surface area contributed by atoms with Crippen molar-refractivity contribution in [2.75, 3.05) is 57.4 Å². The molecule has 2 aromatic carbocycles. The van der Waals surface area contributed by atoms with E-state index in [1.807, 2.05) is 0 Å². The Morgan fingerprint density at radius 2 is 1.69 bits per heavy atom. The fraction of sp³-hybridized carbons (Fsp3) is 0.462. The summed E-state index contributed by atoms with van der Waals surface area (Å²) in [6.07, 6.45) is 1.49. The first kappa shape index (κ1) is 29.8. The molecule has 1 aromatic heterocycles. The van der Waals surface area contributed by atoms with Crippen LogP contribution in [0.25, 0.3) is 10.2 Å². The second-order valence-corrected chi connectivity index (χ2v) is 12.5. The lowest BCUT2D eigenvalue weighted by molar-refractivity contribution is -0.123. The molecule has 3 aromatic rings. The van der Waals surface area contributed by atoms with Crippen molar-refractivity contribution < 1.29 is 26.7 Å². The van der Waals surface area contributed by atoms with Gasteiger partial charge in [0.1, 0.15) is 11.6 Å². The molecule has 3 heterocycles. The molecule has 0 atom stereocenters. The Labute approximate surface area is 237 Å². The van der Waals surface area contributed by atoms with E-state index >= 15 is 0 Å². The first-order valence-corrected chi connectivity index (χ1v) is 15.0. The predicted octanol–water partition coefficient (Wildman–Crippen LogP) is 4.15. The van der Waals surface area contributed by atoms with Gasteiger partial charge in [0.15, 0.2) is 5.13 Å². The lowest BCUT2D eigenvalue weighted by atomic mass is 9.96. The molecule has 0 spiro atoms. The Morgan fingerprint density at radius 1 is 1.03 bits per heavy atom. The average molecular weight is 601 g/mol. The summed E-state index contributed by atoms with van der Waals surface area (Å²) in [6, 6.07) is 9.16. The van der Waals surface area contributed by atoms with Crippen LogP contribution >= 0.6 is 23.7 Å². The number of thiazole rings is 1. The quantitative estimate of drug-likeness (QED) is 0.386. The summed E-state index contributed by atoms with van der Waals surface area (Å²) in [5, 5.41) is 0.527. The lowest BCUT2D eigenvalue weighted by Crippen LogP contribution is -2.45. The molecule has 2 aliphatic heterocycles. The fourth-order valence-corrected chi connectivity index (χ4v) is 7.39. The molecular formula is C26H31ClF2N4O4S2. The number of rotatable bonds is 8. The van der Waals surface area contributed by atoms with Gasteiger partial charge in [-0.2, -0.15) is 4.31 Å². The van der Waals surface area contributed by atoms with Gasteiger partial charge in [-0.05, 0) is 61.7 Å². The molecule has 0 aliphatic carbocycles. The van der Waals surface area contributed by atoms with Crippen molar-refractivity contribution in [3.8, 4) is 0 Å². The van der Waals surface area contributed by atoms with E-state index in [1.54, 1.807) is 11.0 Å². The van der Waals surface area contributed by atoms with E-state index in [9.17, 15) is 22.0 Å². The van der Waals surface area contributed by atoms with Crippen molar-refractivity contribution >= 4 is 55.0 Å². The van der Waals surface area contributed by atoms with E-state index in [0.29, 0.717) is 47.9 Å². The Balaban J connectivity index is 0.00000353. The normalized spacial score (nSPS) is 17.7. The fourth-order valence-electron chi connectivity index (χ4n) is 4.90. The number of hydrogen-bond acceptors (Lipinski definition) is 7. The monoisotopic (exact) mass is 600 g/mol. The predicted molar refractivity (Wildman–Crippen MR) is 149 cm³/mol. The van der Waals surface area contributed by atoms with E-state index in [2.05, 4.69) is 9.88 Å². The molecule has 13 heteroatoms. The summed E-state index contributed by atoms with van der Waals surface area (Å²) in [7, 11) is -3.77. The minimum absolute atomic E-state index is 0. The Kier molecular flexibility index (Phi) is 9.89. The number of benzene rings is 2. The van der Waals surface area contributed by atoms with Crippen molar-refractivity contribution in [3.05, 3.63) is 54.1 Å². The number of amides is 1. The van der Waals surface area contributed by atoms with Crippen LogP contribution in [0.15, 0.2) is 47.4 Å². The van der Waals surface area contributed by atoms with Gasteiger partial charge in [0.05, 0.1) is 28.3 Å². The Bertz CT molecular complexity index is 1380. The zero-order valence-corrected chi connectivity index (χ0v) is 23.7. The lowest BCUT2D eigenvalue weighted by Gasteiger charge is -2.33. The van der Waals surface area contributed by atoms with Crippen LogP contribution in [0.3, 0.4) is 0 Å². The molecule has 212 valence electrons. The molecule has 0 radical (unpaired) electrons. The molecule has 8 nitrogen and oxygen atoms in total. The summed E-state index contributed by atoms with van der Waals surface area (Å²) < 4.78 is 60.5. The molecule has 0 unspecified atom stereocenters. The number of carbonyl (C=O) groups is 1. The SMILES string of the molecule is Cl.O=C(C1CCN(S(=O)(=O)c2ccc(F)cc2)CC1)N(CCCN1CCOCC1)c1nc2ccc(F)cc2s1. The molecule has 2 fully saturated rings. The van der Waals surface area contributed by atoms with Crippen molar-refractivity contribution in [2.24, 2.45) is 5.92 Å². The van der Waals surface area contributed by atoms with Crippen molar-refractivity contribution in [1.82, 2.24) is 14.2 Å². The van der Waals surface area contributed by atoms with Crippen molar-refractivity contribution in [2.45, 2.75) is 24.2 Å². The summed E-state index contributed by atoms with van der Waals surface area (Å²) >= 11 is 1.28. The molecule has 0 N–H and O–H groups in total. The number of hydrogen-bond donors (Lipinski definition) is 0. The van der Waals surface area contributed by atoms with Crippen molar-refractivity contribution in [3.63, 3.8) is 0 Å². The van der Waals surface area contributed by atoms with E-state index in [4.69, 9.17) is 4.74 Å². The molecule has 0 bridgehead atoms. The van der Waals surface area contributed by atoms with E-state index in [1.165, 1.54) is 39.9 Å². The highest BCUT2D eigenvalue weighted by atomic mass is 35.5. The standard InChI is InChI=1S/C26H30F2N4O4S2.ClH/c27-20-2-5-22(6-3-20)38(34,35)31-12-8-19(9-13-31)25(33)32(11-1-10-30-14-16-36-17-15-30)26-29-23-7-4-21(28)18-24(23)37-26;/h2-7,18-19H,1,8-17H2;1H. The van der Waals surface area contributed by atoms with Gasteiger partial charge >= 0.3 is 0 Å². The van der Waals surface area contributed by atoms with Crippen LogP contribution in [0.5, 0.6) is 0 Å². The summed E-state index contributed by atoms with van der Waals surface area (Å²) in [5.74, 6) is -1.31. The third-order valence-electron chi connectivity index (χ3n) is 7.05. The van der Waals surface area contributed by atoms with Crippen LogP contribution in [-0.4, -0.2) is 81.0 Å². The number of sulfonamides is 1. The number of nitrogens with zero attached hydrogens (tertiary/aromatic N) is 4. The second kappa shape index (κ2) is 13.0. The third-order valence-corrected chi connectivity index (χ3v) is 10.0. The van der Waals surface area contributed by atoms with Crippen LogP contribution in [0.1, 0.15) is 19.3 Å². The number of fused-ring (bicyclic) bond motifs is 1. The molecular weight excluding hydrogens is 570 g/mol. The van der Waals surface area contributed by atoms with Gasteiger partial charge in [0.2, 0.25) is 15.9 Å². The maximum atomic E-state index is 13.8. The second-order valence-electron chi connectivity index (χ2n) is 9.54. The number of ether oxygens (including phenoxy) is 1. The highest BCUT2D eigenvalue weighted by molar-refractivity contribution is 7.89. The van der Waals surface area contributed by atoms with Crippen LogP contribution in [0.4, 0.5) is 13.9 Å². The number of aromatic nitrogens is 1. The summed E-state index contributed by atoms with van der Waals surface area (Å²) in [5.41, 5.74) is 0.637. The van der Waals surface area contributed by atoms with Gasteiger partial charge in [0.25, 0.3) is 0 Å². The Hall–Kier alpha value is -2.22. The molecule has 1 amide bonds. The number of morpholine rings is 1. The van der Waals surface area contributed by atoms with Gasteiger partial charge in [-0.25, -0.2) is 22.2 Å². The van der Waals surface area contributed by atoms with Crippen LogP contribution in [0.2, 0.25) is 0 Å². The largest absolute Gasteiger partial charge is 0.379 e.